The predicted molar refractivity (Wildman–Crippen MR) is 159 cm³/mol. The number of esters is 1. The Balaban J connectivity index is 1.47. The Kier molecular flexibility index (Phi) is 9.24. The molecule has 4 saturated carbocycles. The Labute approximate surface area is 245 Å². The average Bonchev–Trinajstić information content (AvgIpc) is 3.51. The number of nitrogens with two attached hydrogens (primary N) is 1. The summed E-state index contributed by atoms with van der Waals surface area (Å²) in [6, 6.07) is -0.432. The van der Waals surface area contributed by atoms with Gasteiger partial charge in [0.2, 0.25) is 5.91 Å². The van der Waals surface area contributed by atoms with E-state index in [1.807, 2.05) is 26.8 Å². The second kappa shape index (κ2) is 11.7. The molecule has 226 valence electrons. The highest BCUT2D eigenvalue weighted by atomic mass is 32.2. The molecular formula is C32H52N2O5S. The van der Waals surface area contributed by atoms with Crippen LogP contribution in [0.25, 0.3) is 0 Å². The lowest BCUT2D eigenvalue weighted by atomic mass is 9.44. The molecule has 0 aromatic rings. The standard InChI is InChI=1S/C32H52N2O5S/c1-8-30(6)16-24(31(7)19(4)11-13-32(20(5)28(30)37)14-12-23(35)27(31)32)39-25(36)17-40-22-10-9-21(15-22)34-29(38)26(33)18(2)3/h8,18-22,24,26-28,37H,1,9-17,33H2,2-7H3,(H,34,38)/t19?,20-,21?,22?,24+,26?,27?,28?,30+,31-,32?/m0/s1. The third-order valence-corrected chi connectivity index (χ3v) is 13.1. The van der Waals surface area contributed by atoms with Gasteiger partial charge in [0.05, 0.1) is 17.9 Å². The summed E-state index contributed by atoms with van der Waals surface area (Å²) in [6.07, 6.45) is 6.95. The monoisotopic (exact) mass is 576 g/mol. The molecule has 40 heavy (non-hydrogen) atoms. The van der Waals surface area contributed by atoms with Gasteiger partial charge in [-0.1, -0.05) is 47.6 Å². The fraction of sp³-hybridized carbons (Fsp3) is 0.844. The summed E-state index contributed by atoms with van der Waals surface area (Å²) in [4.78, 5) is 39.4. The van der Waals surface area contributed by atoms with Gasteiger partial charge in [0, 0.05) is 34.5 Å². The maximum Gasteiger partial charge on any atom is 0.316 e. The highest BCUT2D eigenvalue weighted by Gasteiger charge is 2.68. The first-order chi connectivity index (χ1) is 18.7. The number of thioether (sulfide) groups is 1. The summed E-state index contributed by atoms with van der Waals surface area (Å²) < 4.78 is 6.37. The molecule has 0 saturated heterocycles. The normalized spacial score (nSPS) is 43.9. The van der Waals surface area contributed by atoms with E-state index in [9.17, 15) is 19.5 Å². The number of aliphatic hydroxyl groups is 1. The lowest BCUT2D eigenvalue weighted by Crippen LogP contribution is -2.63. The maximum atomic E-state index is 13.5. The molecule has 4 rings (SSSR count). The number of aliphatic hydroxyl groups excluding tert-OH is 1. The smallest absolute Gasteiger partial charge is 0.316 e. The summed E-state index contributed by atoms with van der Waals surface area (Å²) >= 11 is 1.59. The van der Waals surface area contributed by atoms with E-state index >= 15 is 0 Å². The molecule has 0 heterocycles. The van der Waals surface area contributed by atoms with Gasteiger partial charge in [-0.15, -0.1) is 18.3 Å². The number of amides is 1. The molecule has 7 unspecified atom stereocenters. The van der Waals surface area contributed by atoms with Crippen molar-refractivity contribution in [2.24, 2.45) is 45.7 Å². The minimum Gasteiger partial charge on any atom is -0.461 e. The van der Waals surface area contributed by atoms with Crippen LogP contribution < -0.4 is 11.1 Å². The Bertz CT molecular complexity index is 1000. The van der Waals surface area contributed by atoms with Crippen molar-refractivity contribution in [2.45, 2.75) is 122 Å². The van der Waals surface area contributed by atoms with E-state index in [1.165, 1.54) is 0 Å². The van der Waals surface area contributed by atoms with Crippen LogP contribution in [0, 0.1) is 39.9 Å². The topological polar surface area (TPSA) is 119 Å². The molecule has 4 N–H and O–H groups in total. The molecule has 2 bridgehead atoms. The lowest BCUT2D eigenvalue weighted by Gasteiger charge is -2.61. The van der Waals surface area contributed by atoms with Gasteiger partial charge in [-0.05, 0) is 68.1 Å². The number of hydrogen-bond donors (Lipinski definition) is 3. The third kappa shape index (κ3) is 5.42. The van der Waals surface area contributed by atoms with Crippen LogP contribution in [-0.2, 0) is 19.1 Å². The van der Waals surface area contributed by atoms with E-state index in [2.05, 4.69) is 32.7 Å². The molecule has 0 aliphatic heterocycles. The zero-order chi connectivity index (χ0) is 29.6. The Morgan fingerprint density at radius 1 is 1.23 bits per heavy atom. The van der Waals surface area contributed by atoms with Crippen LogP contribution in [0.2, 0.25) is 0 Å². The Morgan fingerprint density at radius 2 is 1.93 bits per heavy atom. The number of carbonyl (C=O) groups is 3. The van der Waals surface area contributed by atoms with E-state index in [0.717, 1.165) is 38.5 Å². The van der Waals surface area contributed by atoms with Gasteiger partial charge in [0.25, 0.3) is 0 Å². The molecule has 0 aromatic heterocycles. The van der Waals surface area contributed by atoms with Crippen LogP contribution in [0.15, 0.2) is 12.7 Å². The van der Waals surface area contributed by atoms with E-state index in [-0.39, 0.29) is 63.8 Å². The van der Waals surface area contributed by atoms with Gasteiger partial charge in [-0.3, -0.25) is 14.4 Å². The Hall–Kier alpha value is -1.38. The number of carbonyl (C=O) groups excluding carboxylic acids is 3. The zero-order valence-electron chi connectivity index (χ0n) is 25.4. The molecule has 1 amide bonds. The molecule has 0 spiro atoms. The van der Waals surface area contributed by atoms with Gasteiger partial charge in [-0.25, -0.2) is 0 Å². The number of rotatable bonds is 8. The van der Waals surface area contributed by atoms with Gasteiger partial charge < -0.3 is 20.9 Å². The average molecular weight is 577 g/mol. The molecule has 4 fully saturated rings. The van der Waals surface area contributed by atoms with Crippen LogP contribution in [0.3, 0.4) is 0 Å². The van der Waals surface area contributed by atoms with Crippen molar-refractivity contribution in [3.8, 4) is 0 Å². The van der Waals surface area contributed by atoms with Crippen molar-refractivity contribution in [2.75, 3.05) is 5.75 Å². The first-order valence-electron chi connectivity index (χ1n) is 15.4. The largest absolute Gasteiger partial charge is 0.461 e. The first-order valence-corrected chi connectivity index (χ1v) is 16.5. The van der Waals surface area contributed by atoms with Gasteiger partial charge in [0.15, 0.2) is 0 Å². The molecule has 0 aromatic carbocycles. The highest BCUT2D eigenvalue weighted by Crippen LogP contribution is 2.68. The second-order valence-electron chi connectivity index (χ2n) is 14.3. The summed E-state index contributed by atoms with van der Waals surface area (Å²) in [7, 11) is 0. The van der Waals surface area contributed by atoms with Crippen molar-refractivity contribution in [3.63, 3.8) is 0 Å². The number of hydrogen-bond acceptors (Lipinski definition) is 7. The number of ketones is 1. The quantitative estimate of drug-likeness (QED) is 0.284. The van der Waals surface area contributed by atoms with E-state index in [4.69, 9.17) is 10.5 Å². The minimum absolute atomic E-state index is 0.0446. The van der Waals surface area contributed by atoms with Crippen LogP contribution >= 0.6 is 11.8 Å². The molecule has 4 aliphatic rings. The van der Waals surface area contributed by atoms with E-state index in [0.29, 0.717) is 12.8 Å². The van der Waals surface area contributed by atoms with Crippen molar-refractivity contribution in [1.82, 2.24) is 5.32 Å². The van der Waals surface area contributed by atoms with Gasteiger partial charge in [0.1, 0.15) is 11.9 Å². The van der Waals surface area contributed by atoms with Crippen molar-refractivity contribution < 1.29 is 24.2 Å². The number of Topliss-reactive ketones (excluding diaryl/α,β-unsaturated/α-hetero) is 1. The molecule has 11 atom stereocenters. The molecule has 4 aliphatic carbocycles. The maximum absolute atomic E-state index is 13.5. The summed E-state index contributed by atoms with van der Waals surface area (Å²) in [6.45, 7) is 16.5. The fourth-order valence-corrected chi connectivity index (χ4v) is 9.81. The highest BCUT2D eigenvalue weighted by molar-refractivity contribution is 8.00. The number of nitrogens with one attached hydrogen (secondary N) is 1. The van der Waals surface area contributed by atoms with Crippen molar-refractivity contribution in [3.05, 3.63) is 12.7 Å². The van der Waals surface area contributed by atoms with Crippen LogP contribution in [0.5, 0.6) is 0 Å². The zero-order valence-corrected chi connectivity index (χ0v) is 26.2. The molecule has 7 nitrogen and oxygen atoms in total. The Morgan fingerprint density at radius 3 is 2.58 bits per heavy atom. The lowest BCUT2D eigenvalue weighted by molar-refractivity contribution is -0.205. The van der Waals surface area contributed by atoms with Crippen LogP contribution in [0.1, 0.15) is 92.9 Å². The van der Waals surface area contributed by atoms with Gasteiger partial charge in [-0.2, -0.15) is 0 Å². The van der Waals surface area contributed by atoms with Crippen molar-refractivity contribution in [1.29, 1.82) is 0 Å². The van der Waals surface area contributed by atoms with Crippen molar-refractivity contribution >= 4 is 29.4 Å². The summed E-state index contributed by atoms with van der Waals surface area (Å²) in [5, 5.41) is 15.0. The summed E-state index contributed by atoms with van der Waals surface area (Å²) in [5.74, 6) is 0.151. The molecular weight excluding hydrogens is 524 g/mol. The van der Waals surface area contributed by atoms with Gasteiger partial charge >= 0.3 is 5.97 Å². The van der Waals surface area contributed by atoms with E-state index < -0.39 is 29.1 Å². The first kappa shape index (κ1) is 31.6. The summed E-state index contributed by atoms with van der Waals surface area (Å²) in [5.41, 5.74) is 4.60. The van der Waals surface area contributed by atoms with E-state index in [1.54, 1.807) is 11.8 Å². The molecule has 0 radical (unpaired) electrons. The predicted octanol–water partition coefficient (Wildman–Crippen LogP) is 4.65. The minimum atomic E-state index is -0.665. The SMILES string of the molecule is C=C[C@]1(C)C[C@@H](OC(=O)CSC2CCC(NC(=O)C(N)C(C)C)C2)[C@]2(C)C(C)CCC3(CCC(=O)C32)[C@@H](C)C1O. The van der Waals surface area contributed by atoms with Crippen LogP contribution in [0.4, 0.5) is 0 Å². The third-order valence-electron chi connectivity index (χ3n) is 11.8. The molecule has 8 heteroatoms. The fourth-order valence-electron chi connectivity index (χ4n) is 8.70. The number of ether oxygens (including phenoxy) is 1. The second-order valence-corrected chi connectivity index (χ2v) is 15.6. The van der Waals surface area contributed by atoms with Crippen LogP contribution in [-0.4, -0.2) is 58.1 Å².